The molecule has 0 aliphatic heterocycles. The van der Waals surface area contributed by atoms with Crippen LogP contribution in [-0.2, 0) is 0 Å². The number of nitrogens with zero attached hydrogens (tertiary/aromatic N) is 3. The van der Waals surface area contributed by atoms with Crippen molar-refractivity contribution in [2.45, 2.75) is 13.8 Å². The van der Waals surface area contributed by atoms with Crippen molar-refractivity contribution < 1.29 is 5.11 Å². The lowest BCUT2D eigenvalue weighted by molar-refractivity contribution is 0.467. The lowest BCUT2D eigenvalue weighted by Crippen LogP contribution is -1.89. The Balaban J connectivity index is 3.57. The predicted octanol–water partition coefficient (Wildman–Crippen LogP) is 2.69. The second-order valence-corrected chi connectivity index (χ2v) is 3.52. The maximum atomic E-state index is 9.61. The van der Waals surface area contributed by atoms with Gasteiger partial charge in [0.15, 0.2) is 0 Å². The fraction of sp³-hybridized carbons (Fsp3) is 0.154. The molecule has 1 rings (SSSR count). The summed E-state index contributed by atoms with van der Waals surface area (Å²) in [5.74, 6) is 0.161. The van der Waals surface area contributed by atoms with E-state index in [1.54, 1.807) is 38.1 Å². The number of hydrogen-bond donors (Lipinski definition) is 1. The van der Waals surface area contributed by atoms with E-state index in [0.717, 1.165) is 0 Å². The van der Waals surface area contributed by atoms with Gasteiger partial charge in [-0.2, -0.15) is 10.5 Å². The standard InChI is InChI=1S/C13H9N3O/c1-8-4-10(5-9(2)13(8)17)12(16-3)11(6-14)7-15/h4-5,17H,1-2H3. The first-order chi connectivity index (χ1) is 8.04. The molecule has 17 heavy (non-hydrogen) atoms. The summed E-state index contributed by atoms with van der Waals surface area (Å²) >= 11 is 0. The van der Waals surface area contributed by atoms with E-state index < -0.39 is 0 Å². The highest BCUT2D eigenvalue weighted by atomic mass is 16.3. The van der Waals surface area contributed by atoms with Gasteiger partial charge in [-0.15, -0.1) is 0 Å². The van der Waals surface area contributed by atoms with Gasteiger partial charge < -0.3 is 5.11 Å². The van der Waals surface area contributed by atoms with Crippen LogP contribution in [0.15, 0.2) is 17.7 Å². The molecular weight excluding hydrogens is 214 g/mol. The van der Waals surface area contributed by atoms with E-state index in [0.29, 0.717) is 16.7 Å². The van der Waals surface area contributed by atoms with Gasteiger partial charge in [0.05, 0.1) is 18.7 Å². The number of hydrogen-bond acceptors (Lipinski definition) is 3. The van der Waals surface area contributed by atoms with Gasteiger partial charge in [0.1, 0.15) is 11.3 Å². The van der Waals surface area contributed by atoms with Gasteiger partial charge in [0.2, 0.25) is 5.70 Å². The minimum absolute atomic E-state index is 0.0150. The molecule has 0 aromatic heterocycles. The summed E-state index contributed by atoms with van der Waals surface area (Å²) < 4.78 is 0. The third-order valence-electron chi connectivity index (χ3n) is 2.34. The number of nitriles is 2. The molecule has 0 heterocycles. The van der Waals surface area contributed by atoms with Crippen LogP contribution in [-0.4, -0.2) is 5.11 Å². The van der Waals surface area contributed by atoms with Crippen molar-refractivity contribution >= 4 is 5.70 Å². The fourth-order valence-corrected chi connectivity index (χ4v) is 1.49. The molecule has 4 heteroatoms. The zero-order valence-corrected chi connectivity index (χ0v) is 9.44. The lowest BCUT2D eigenvalue weighted by atomic mass is 10.0. The van der Waals surface area contributed by atoms with Crippen molar-refractivity contribution in [3.63, 3.8) is 0 Å². The molecule has 1 N–H and O–H groups in total. The van der Waals surface area contributed by atoms with E-state index in [9.17, 15) is 5.11 Å². The number of aromatic hydroxyl groups is 1. The van der Waals surface area contributed by atoms with Crippen LogP contribution >= 0.6 is 0 Å². The van der Waals surface area contributed by atoms with Gasteiger partial charge in [-0.25, -0.2) is 4.85 Å². The van der Waals surface area contributed by atoms with Crippen molar-refractivity contribution in [2.75, 3.05) is 0 Å². The van der Waals surface area contributed by atoms with Crippen LogP contribution in [0.2, 0.25) is 0 Å². The molecule has 0 aliphatic carbocycles. The predicted molar refractivity (Wildman–Crippen MR) is 62.3 cm³/mol. The lowest BCUT2D eigenvalue weighted by Gasteiger charge is -2.06. The molecular formula is C13H9N3O. The van der Waals surface area contributed by atoms with Gasteiger partial charge in [0, 0.05) is 0 Å². The Morgan fingerprint density at radius 2 is 1.71 bits per heavy atom. The molecule has 0 spiro atoms. The van der Waals surface area contributed by atoms with E-state index >= 15 is 0 Å². The minimum Gasteiger partial charge on any atom is -0.507 e. The molecule has 1 aromatic rings. The molecule has 1 aromatic carbocycles. The fourth-order valence-electron chi connectivity index (χ4n) is 1.49. The summed E-state index contributed by atoms with van der Waals surface area (Å²) in [4.78, 5) is 3.22. The average molecular weight is 223 g/mol. The normalized spacial score (nSPS) is 8.65. The van der Waals surface area contributed by atoms with Crippen LogP contribution in [0.1, 0.15) is 16.7 Å². The van der Waals surface area contributed by atoms with Gasteiger partial charge in [-0.3, -0.25) is 0 Å². The highest BCUT2D eigenvalue weighted by molar-refractivity contribution is 5.80. The van der Waals surface area contributed by atoms with Crippen LogP contribution in [0.25, 0.3) is 10.5 Å². The molecule has 0 bridgehead atoms. The Morgan fingerprint density at radius 1 is 1.24 bits per heavy atom. The van der Waals surface area contributed by atoms with E-state index in [4.69, 9.17) is 17.1 Å². The number of allylic oxidation sites excluding steroid dienone is 1. The van der Waals surface area contributed by atoms with Crippen molar-refractivity contribution in [3.8, 4) is 17.9 Å². The first-order valence-electron chi connectivity index (χ1n) is 4.77. The monoisotopic (exact) mass is 223 g/mol. The van der Waals surface area contributed by atoms with E-state index in [1.165, 1.54) is 0 Å². The second-order valence-electron chi connectivity index (χ2n) is 3.52. The van der Waals surface area contributed by atoms with Crippen molar-refractivity contribution in [3.05, 3.63) is 45.8 Å². The maximum Gasteiger partial charge on any atom is 0.222 e. The molecule has 0 radical (unpaired) electrons. The molecule has 0 saturated carbocycles. The number of aryl methyl sites for hydroxylation is 2. The Labute approximate surface area is 99.5 Å². The zero-order valence-electron chi connectivity index (χ0n) is 9.44. The molecule has 0 fully saturated rings. The van der Waals surface area contributed by atoms with Crippen LogP contribution in [0.5, 0.6) is 5.75 Å². The first kappa shape index (κ1) is 12.3. The largest absolute Gasteiger partial charge is 0.507 e. The third kappa shape index (κ3) is 2.25. The molecule has 0 unspecified atom stereocenters. The van der Waals surface area contributed by atoms with Crippen molar-refractivity contribution in [1.29, 1.82) is 10.5 Å². The van der Waals surface area contributed by atoms with Crippen molar-refractivity contribution in [1.82, 2.24) is 0 Å². The molecule has 0 amide bonds. The van der Waals surface area contributed by atoms with Crippen LogP contribution < -0.4 is 0 Å². The SMILES string of the molecule is [C-]#[N+]C(=C(C#N)C#N)c1cc(C)c(O)c(C)c1. The maximum absolute atomic E-state index is 9.61. The van der Waals surface area contributed by atoms with Gasteiger partial charge in [-0.1, -0.05) is 12.1 Å². The minimum atomic E-state index is -0.218. The van der Waals surface area contributed by atoms with Crippen LogP contribution in [0.4, 0.5) is 0 Å². The Bertz CT molecular complexity index is 583. The topological polar surface area (TPSA) is 72.2 Å². The van der Waals surface area contributed by atoms with Crippen LogP contribution in [0, 0.1) is 43.1 Å². The number of benzene rings is 1. The highest BCUT2D eigenvalue weighted by Crippen LogP contribution is 2.28. The molecule has 0 saturated heterocycles. The highest BCUT2D eigenvalue weighted by Gasteiger charge is 2.12. The summed E-state index contributed by atoms with van der Waals surface area (Å²) in [5.41, 5.74) is 1.49. The smallest absolute Gasteiger partial charge is 0.222 e. The molecule has 0 aliphatic rings. The quantitative estimate of drug-likeness (QED) is 0.587. The van der Waals surface area contributed by atoms with E-state index in [1.807, 2.05) is 0 Å². The third-order valence-corrected chi connectivity index (χ3v) is 2.34. The summed E-state index contributed by atoms with van der Waals surface area (Å²) in [5, 5.41) is 27.1. The molecule has 0 atom stereocenters. The summed E-state index contributed by atoms with van der Waals surface area (Å²) in [6.45, 7) is 10.4. The summed E-state index contributed by atoms with van der Waals surface area (Å²) in [6, 6.07) is 6.57. The molecule has 82 valence electrons. The Kier molecular flexibility index (Phi) is 3.50. The summed E-state index contributed by atoms with van der Waals surface area (Å²) in [7, 11) is 0. The number of rotatable bonds is 1. The van der Waals surface area contributed by atoms with Gasteiger partial charge >= 0.3 is 0 Å². The first-order valence-corrected chi connectivity index (χ1v) is 4.77. The van der Waals surface area contributed by atoms with Crippen molar-refractivity contribution in [2.24, 2.45) is 0 Å². The second kappa shape index (κ2) is 4.84. The average Bonchev–Trinajstić information content (AvgIpc) is 2.32. The number of phenols is 1. The van der Waals surface area contributed by atoms with Crippen LogP contribution in [0.3, 0.4) is 0 Å². The van der Waals surface area contributed by atoms with Gasteiger partial charge in [-0.05, 0) is 30.5 Å². The Morgan fingerprint density at radius 3 is 2.06 bits per heavy atom. The van der Waals surface area contributed by atoms with E-state index in [-0.39, 0.29) is 17.0 Å². The molecule has 4 nitrogen and oxygen atoms in total. The zero-order chi connectivity index (χ0) is 13.0. The number of phenolic OH excluding ortho intramolecular Hbond substituents is 1. The van der Waals surface area contributed by atoms with E-state index in [2.05, 4.69) is 4.85 Å². The van der Waals surface area contributed by atoms with Gasteiger partial charge in [0.25, 0.3) is 0 Å². The Hall–Kier alpha value is -2.77. The summed E-state index contributed by atoms with van der Waals surface area (Å²) in [6.07, 6.45) is 0.